The van der Waals surface area contributed by atoms with Gasteiger partial charge in [0.25, 0.3) is 0 Å². The Bertz CT molecular complexity index is 1140. The Morgan fingerprint density at radius 1 is 1.16 bits per heavy atom. The molecule has 0 atom stereocenters. The van der Waals surface area contributed by atoms with Gasteiger partial charge in [-0.25, -0.2) is 9.59 Å². The van der Waals surface area contributed by atoms with Crippen molar-refractivity contribution in [3.8, 4) is 17.0 Å². The minimum atomic E-state index is -0.963. The molecule has 2 aromatic carbocycles. The molecule has 0 aliphatic heterocycles. The van der Waals surface area contributed by atoms with E-state index in [0.29, 0.717) is 23.4 Å². The van der Waals surface area contributed by atoms with E-state index in [-0.39, 0.29) is 17.7 Å². The van der Waals surface area contributed by atoms with Crippen molar-refractivity contribution >= 4 is 28.7 Å². The number of nitrogens with zero attached hydrogens (tertiary/aromatic N) is 1. The summed E-state index contributed by atoms with van der Waals surface area (Å²) < 4.78 is 13.0. The Morgan fingerprint density at radius 3 is 2.44 bits per heavy atom. The standard InChI is InChI=1S/C25H28N2O5/c1-4-31-19-12-13-20-21(14-19)27(18-6-5-7-18)23(22(20)24(28)29)16-8-10-17(11-9-16)26-25(30)32-15(2)3/h8-15,18H,4-7H2,1-3H3,(H,26,30)(H,28,29). The molecule has 1 amide bonds. The van der Waals surface area contributed by atoms with Crippen molar-refractivity contribution in [3.05, 3.63) is 48.0 Å². The maximum atomic E-state index is 12.4. The molecule has 1 aliphatic rings. The van der Waals surface area contributed by atoms with Gasteiger partial charge in [-0.1, -0.05) is 12.1 Å². The van der Waals surface area contributed by atoms with E-state index in [4.69, 9.17) is 9.47 Å². The summed E-state index contributed by atoms with van der Waals surface area (Å²) in [5, 5.41) is 13.5. The first-order valence-electron chi connectivity index (χ1n) is 11.0. The van der Waals surface area contributed by atoms with E-state index in [0.717, 1.165) is 36.1 Å². The van der Waals surface area contributed by atoms with Crippen molar-refractivity contribution in [2.24, 2.45) is 0 Å². The zero-order valence-corrected chi connectivity index (χ0v) is 18.6. The average molecular weight is 437 g/mol. The molecule has 1 fully saturated rings. The lowest BCUT2D eigenvalue weighted by Gasteiger charge is -2.30. The summed E-state index contributed by atoms with van der Waals surface area (Å²) in [4.78, 5) is 24.2. The molecule has 4 rings (SSSR count). The van der Waals surface area contributed by atoms with Gasteiger partial charge in [-0.2, -0.15) is 0 Å². The first-order valence-corrected chi connectivity index (χ1v) is 11.0. The molecule has 0 spiro atoms. The summed E-state index contributed by atoms with van der Waals surface area (Å²) in [6.45, 7) is 6.04. The zero-order valence-electron chi connectivity index (χ0n) is 18.6. The lowest BCUT2D eigenvalue weighted by atomic mass is 9.92. The van der Waals surface area contributed by atoms with Crippen LogP contribution in [0.4, 0.5) is 10.5 Å². The third-order valence-corrected chi connectivity index (χ3v) is 5.69. The number of aromatic nitrogens is 1. The van der Waals surface area contributed by atoms with Crippen LogP contribution in [-0.4, -0.2) is 34.4 Å². The summed E-state index contributed by atoms with van der Waals surface area (Å²) in [7, 11) is 0. The molecule has 0 unspecified atom stereocenters. The Morgan fingerprint density at radius 2 is 1.88 bits per heavy atom. The number of carbonyl (C=O) groups is 2. The van der Waals surface area contributed by atoms with Gasteiger partial charge in [0, 0.05) is 23.2 Å². The Hall–Kier alpha value is -3.48. The normalized spacial score (nSPS) is 13.8. The van der Waals surface area contributed by atoms with E-state index in [1.165, 1.54) is 0 Å². The highest BCUT2D eigenvalue weighted by Gasteiger charge is 2.30. The summed E-state index contributed by atoms with van der Waals surface area (Å²) in [5.74, 6) is -0.236. The molecular formula is C25H28N2O5. The van der Waals surface area contributed by atoms with Crippen molar-refractivity contribution < 1.29 is 24.2 Å². The van der Waals surface area contributed by atoms with Crippen LogP contribution in [0.5, 0.6) is 5.75 Å². The van der Waals surface area contributed by atoms with E-state index < -0.39 is 12.1 Å². The Labute approximate surface area is 186 Å². The fraction of sp³-hybridized carbons (Fsp3) is 0.360. The SMILES string of the molecule is CCOc1ccc2c(C(=O)O)c(-c3ccc(NC(=O)OC(C)C)cc3)n(C3CCC3)c2c1. The van der Waals surface area contributed by atoms with Gasteiger partial charge >= 0.3 is 12.1 Å². The average Bonchev–Trinajstić information content (AvgIpc) is 3.01. The third-order valence-electron chi connectivity index (χ3n) is 5.69. The van der Waals surface area contributed by atoms with Crippen LogP contribution in [-0.2, 0) is 4.74 Å². The third kappa shape index (κ3) is 4.15. The van der Waals surface area contributed by atoms with Crippen LogP contribution < -0.4 is 10.1 Å². The maximum absolute atomic E-state index is 12.4. The topological polar surface area (TPSA) is 89.8 Å². The first kappa shape index (κ1) is 21.7. The number of hydrogen-bond donors (Lipinski definition) is 2. The highest BCUT2D eigenvalue weighted by molar-refractivity contribution is 6.10. The van der Waals surface area contributed by atoms with Gasteiger partial charge in [0.2, 0.25) is 0 Å². The van der Waals surface area contributed by atoms with Crippen molar-refractivity contribution in [3.63, 3.8) is 0 Å². The molecule has 7 heteroatoms. The van der Waals surface area contributed by atoms with E-state index >= 15 is 0 Å². The number of nitrogens with one attached hydrogen (secondary N) is 1. The monoisotopic (exact) mass is 436 g/mol. The van der Waals surface area contributed by atoms with Gasteiger partial charge in [-0.05, 0) is 69.9 Å². The lowest BCUT2D eigenvalue weighted by molar-refractivity contribution is 0.0699. The van der Waals surface area contributed by atoms with Crippen molar-refractivity contribution in [2.45, 2.75) is 52.2 Å². The number of rotatable bonds is 7. The molecule has 1 aromatic heterocycles. The minimum absolute atomic E-state index is 0.216. The molecule has 0 saturated heterocycles. The van der Waals surface area contributed by atoms with Gasteiger partial charge in [0.05, 0.1) is 29.5 Å². The smallest absolute Gasteiger partial charge is 0.411 e. The molecular weight excluding hydrogens is 408 g/mol. The summed E-state index contributed by atoms with van der Waals surface area (Å²) in [5.41, 5.74) is 3.21. The number of fused-ring (bicyclic) bond motifs is 1. The second-order valence-electron chi connectivity index (χ2n) is 8.25. The van der Waals surface area contributed by atoms with Crippen molar-refractivity contribution in [1.82, 2.24) is 4.57 Å². The summed E-state index contributed by atoms with van der Waals surface area (Å²) in [6.07, 6.45) is 2.40. The lowest BCUT2D eigenvalue weighted by Crippen LogP contribution is -2.18. The molecule has 2 N–H and O–H groups in total. The number of aromatic carboxylic acids is 1. The van der Waals surface area contributed by atoms with E-state index in [1.54, 1.807) is 26.0 Å². The fourth-order valence-electron chi connectivity index (χ4n) is 4.14. The number of hydrogen-bond acceptors (Lipinski definition) is 4. The second kappa shape index (κ2) is 8.94. The number of ether oxygens (including phenoxy) is 2. The fourth-order valence-corrected chi connectivity index (χ4v) is 4.14. The van der Waals surface area contributed by atoms with Crippen molar-refractivity contribution in [2.75, 3.05) is 11.9 Å². The first-order chi connectivity index (χ1) is 15.4. The Kier molecular flexibility index (Phi) is 6.08. The number of carboxylic acids is 1. The minimum Gasteiger partial charge on any atom is -0.494 e. The van der Waals surface area contributed by atoms with Crippen LogP contribution >= 0.6 is 0 Å². The van der Waals surface area contributed by atoms with Crippen LogP contribution in [0.3, 0.4) is 0 Å². The van der Waals surface area contributed by atoms with Crippen LogP contribution in [0.25, 0.3) is 22.2 Å². The van der Waals surface area contributed by atoms with Crippen LogP contribution in [0.2, 0.25) is 0 Å². The van der Waals surface area contributed by atoms with Gasteiger partial charge in [0.1, 0.15) is 5.75 Å². The van der Waals surface area contributed by atoms with Crippen LogP contribution in [0, 0.1) is 0 Å². The summed E-state index contributed by atoms with van der Waals surface area (Å²) >= 11 is 0. The second-order valence-corrected chi connectivity index (χ2v) is 8.25. The number of benzene rings is 2. The van der Waals surface area contributed by atoms with Gasteiger partial charge in [-0.15, -0.1) is 0 Å². The molecule has 1 aliphatic carbocycles. The van der Waals surface area contributed by atoms with Crippen molar-refractivity contribution in [1.29, 1.82) is 0 Å². The number of amides is 1. The molecule has 32 heavy (non-hydrogen) atoms. The van der Waals surface area contributed by atoms with E-state index in [9.17, 15) is 14.7 Å². The molecule has 1 saturated carbocycles. The van der Waals surface area contributed by atoms with E-state index in [1.807, 2.05) is 37.3 Å². The molecule has 3 aromatic rings. The highest BCUT2D eigenvalue weighted by Crippen LogP contribution is 2.43. The number of carboxylic acid groups (broad SMARTS) is 1. The number of carbonyl (C=O) groups excluding carboxylic acids is 1. The number of anilines is 1. The largest absolute Gasteiger partial charge is 0.494 e. The Balaban J connectivity index is 1.81. The quantitative estimate of drug-likeness (QED) is 0.468. The van der Waals surface area contributed by atoms with E-state index in [2.05, 4.69) is 9.88 Å². The molecule has 1 heterocycles. The van der Waals surface area contributed by atoms with Gasteiger partial charge in [0.15, 0.2) is 0 Å². The zero-order chi connectivity index (χ0) is 22.8. The molecule has 168 valence electrons. The maximum Gasteiger partial charge on any atom is 0.411 e. The summed E-state index contributed by atoms with van der Waals surface area (Å²) in [6, 6.07) is 13.0. The predicted octanol–water partition coefficient (Wildman–Crippen LogP) is 6.09. The predicted molar refractivity (Wildman–Crippen MR) is 124 cm³/mol. The molecule has 0 radical (unpaired) electrons. The van der Waals surface area contributed by atoms with Gasteiger partial charge < -0.3 is 19.1 Å². The van der Waals surface area contributed by atoms with Crippen LogP contribution in [0.1, 0.15) is 56.4 Å². The molecule has 0 bridgehead atoms. The molecule has 7 nitrogen and oxygen atoms in total. The van der Waals surface area contributed by atoms with Gasteiger partial charge in [-0.3, -0.25) is 5.32 Å². The highest BCUT2D eigenvalue weighted by atomic mass is 16.6. The van der Waals surface area contributed by atoms with Crippen LogP contribution in [0.15, 0.2) is 42.5 Å².